The highest BCUT2D eigenvalue weighted by atomic mass is 32.1. The third kappa shape index (κ3) is 5.56. The summed E-state index contributed by atoms with van der Waals surface area (Å²) in [6.07, 6.45) is 8.79. The van der Waals surface area contributed by atoms with Gasteiger partial charge in [0.2, 0.25) is 0 Å². The van der Waals surface area contributed by atoms with Crippen molar-refractivity contribution in [3.05, 3.63) is 147 Å². The van der Waals surface area contributed by atoms with Crippen molar-refractivity contribution in [2.75, 3.05) is 4.90 Å². The fourth-order valence-corrected chi connectivity index (χ4v) is 4.94. The summed E-state index contributed by atoms with van der Waals surface area (Å²) >= 11 is 1.76. The van der Waals surface area contributed by atoms with Gasteiger partial charge in [-0.3, -0.25) is 0 Å². The Morgan fingerprint density at radius 1 is 0.528 bits per heavy atom. The van der Waals surface area contributed by atoms with E-state index in [-0.39, 0.29) is 0 Å². The van der Waals surface area contributed by atoms with Crippen molar-refractivity contribution in [1.82, 2.24) is 0 Å². The minimum Gasteiger partial charge on any atom is -0.310 e. The molecule has 1 aromatic heterocycles. The molecular weight excluding hydrogens is 454 g/mol. The molecule has 0 unspecified atom stereocenters. The first-order valence-corrected chi connectivity index (χ1v) is 13.1. The van der Waals surface area contributed by atoms with Crippen LogP contribution in [0.4, 0.5) is 17.1 Å². The molecule has 0 aliphatic heterocycles. The Morgan fingerprint density at radius 2 is 1.14 bits per heavy atom. The monoisotopic (exact) mass is 483 g/mol. The van der Waals surface area contributed by atoms with Crippen molar-refractivity contribution in [2.24, 2.45) is 0 Å². The molecule has 0 radical (unpaired) electrons. The van der Waals surface area contributed by atoms with E-state index in [9.17, 15) is 0 Å². The standard InChI is InChI=1S/C34H29NS/c1-26-24-28(16-18-30(26)20-22-34-14-9-23-36-34)15-17-29-19-21-33(25-27(29)2)35(31-10-5-3-6-11-31)32-12-7-4-8-13-32/h3-25H,1-2H3/b17-15+,22-20+. The van der Waals surface area contributed by atoms with Crippen LogP contribution >= 0.6 is 11.3 Å². The molecule has 36 heavy (non-hydrogen) atoms. The van der Waals surface area contributed by atoms with Crippen LogP contribution in [0.5, 0.6) is 0 Å². The molecule has 0 N–H and O–H groups in total. The van der Waals surface area contributed by atoms with E-state index in [1.54, 1.807) is 11.3 Å². The van der Waals surface area contributed by atoms with E-state index in [0.29, 0.717) is 0 Å². The molecule has 0 spiro atoms. The van der Waals surface area contributed by atoms with Gasteiger partial charge >= 0.3 is 0 Å². The van der Waals surface area contributed by atoms with Crippen LogP contribution in [0, 0.1) is 13.8 Å². The minimum absolute atomic E-state index is 1.15. The van der Waals surface area contributed by atoms with E-state index in [2.05, 4.69) is 158 Å². The van der Waals surface area contributed by atoms with Crippen LogP contribution < -0.4 is 4.90 Å². The van der Waals surface area contributed by atoms with Gasteiger partial charge in [-0.25, -0.2) is 0 Å². The summed E-state index contributed by atoms with van der Waals surface area (Å²) in [4.78, 5) is 3.57. The zero-order chi connectivity index (χ0) is 24.7. The Hall–Kier alpha value is -4.14. The van der Waals surface area contributed by atoms with Crippen molar-refractivity contribution in [1.29, 1.82) is 0 Å². The Morgan fingerprint density at radius 3 is 1.72 bits per heavy atom. The Balaban J connectivity index is 1.38. The molecule has 0 amide bonds. The number of para-hydroxylation sites is 2. The summed E-state index contributed by atoms with van der Waals surface area (Å²) in [6, 6.07) is 38.6. The second-order valence-electron chi connectivity index (χ2n) is 8.85. The van der Waals surface area contributed by atoms with Crippen molar-refractivity contribution in [2.45, 2.75) is 13.8 Å². The Kier molecular flexibility index (Phi) is 7.25. The van der Waals surface area contributed by atoms with Crippen molar-refractivity contribution in [3.8, 4) is 0 Å². The van der Waals surface area contributed by atoms with Gasteiger partial charge in [0, 0.05) is 21.9 Å². The van der Waals surface area contributed by atoms with E-state index >= 15 is 0 Å². The number of hydrogen-bond donors (Lipinski definition) is 0. The summed E-state index contributed by atoms with van der Waals surface area (Å²) < 4.78 is 0. The largest absolute Gasteiger partial charge is 0.310 e. The van der Waals surface area contributed by atoms with Crippen LogP contribution in [0.25, 0.3) is 24.3 Å². The maximum atomic E-state index is 2.30. The number of anilines is 3. The normalized spacial score (nSPS) is 11.4. The predicted molar refractivity (Wildman–Crippen MR) is 159 cm³/mol. The highest BCUT2D eigenvalue weighted by molar-refractivity contribution is 7.10. The van der Waals surface area contributed by atoms with Gasteiger partial charge in [0.15, 0.2) is 0 Å². The number of aryl methyl sites for hydroxylation is 2. The lowest BCUT2D eigenvalue weighted by molar-refractivity contribution is 1.27. The topological polar surface area (TPSA) is 3.24 Å². The van der Waals surface area contributed by atoms with Gasteiger partial charge in [0.05, 0.1) is 0 Å². The summed E-state index contributed by atoms with van der Waals surface area (Å²) in [5, 5.41) is 2.11. The highest BCUT2D eigenvalue weighted by Gasteiger charge is 2.12. The molecule has 4 aromatic carbocycles. The molecule has 5 aromatic rings. The van der Waals surface area contributed by atoms with Crippen molar-refractivity contribution >= 4 is 52.7 Å². The van der Waals surface area contributed by atoms with E-state index in [4.69, 9.17) is 0 Å². The maximum absolute atomic E-state index is 2.30. The van der Waals surface area contributed by atoms with Gasteiger partial charge in [-0.05, 0) is 95.6 Å². The third-order valence-electron chi connectivity index (χ3n) is 6.26. The second kappa shape index (κ2) is 11.1. The van der Waals surface area contributed by atoms with Gasteiger partial charge in [0.1, 0.15) is 0 Å². The molecule has 1 nitrogen and oxygen atoms in total. The molecule has 2 heteroatoms. The van der Waals surface area contributed by atoms with Crippen molar-refractivity contribution < 1.29 is 0 Å². The molecule has 0 aliphatic rings. The van der Waals surface area contributed by atoms with Crippen LogP contribution in [-0.4, -0.2) is 0 Å². The number of rotatable bonds is 7. The van der Waals surface area contributed by atoms with Crippen LogP contribution in [-0.2, 0) is 0 Å². The average Bonchev–Trinajstić information content (AvgIpc) is 3.43. The number of benzene rings is 4. The first-order valence-electron chi connectivity index (χ1n) is 12.2. The van der Waals surface area contributed by atoms with Crippen LogP contribution in [0.1, 0.15) is 32.7 Å². The predicted octanol–water partition coefficient (Wildman–Crippen LogP) is 10.2. The zero-order valence-electron chi connectivity index (χ0n) is 20.6. The molecule has 0 fully saturated rings. The van der Waals surface area contributed by atoms with E-state index in [1.165, 1.54) is 32.7 Å². The van der Waals surface area contributed by atoms with Gasteiger partial charge < -0.3 is 4.90 Å². The summed E-state index contributed by atoms with van der Waals surface area (Å²) in [5.74, 6) is 0. The average molecular weight is 484 g/mol. The highest BCUT2D eigenvalue weighted by Crippen LogP contribution is 2.35. The molecule has 0 saturated carbocycles. The van der Waals surface area contributed by atoms with Crippen LogP contribution in [0.15, 0.2) is 115 Å². The van der Waals surface area contributed by atoms with Gasteiger partial charge in [0.25, 0.3) is 0 Å². The van der Waals surface area contributed by atoms with Gasteiger partial charge in [-0.15, -0.1) is 11.3 Å². The Labute approximate surface area is 218 Å². The van der Waals surface area contributed by atoms with Gasteiger partial charge in [-0.1, -0.05) is 85.0 Å². The summed E-state index contributed by atoms with van der Waals surface area (Å²) in [7, 11) is 0. The first kappa shape index (κ1) is 23.6. The zero-order valence-corrected chi connectivity index (χ0v) is 21.5. The molecule has 0 bridgehead atoms. The quantitative estimate of drug-likeness (QED) is 0.208. The second-order valence-corrected chi connectivity index (χ2v) is 9.82. The minimum atomic E-state index is 1.15. The summed E-state index contributed by atoms with van der Waals surface area (Å²) in [6.45, 7) is 4.36. The van der Waals surface area contributed by atoms with E-state index in [0.717, 1.165) is 17.1 Å². The molecule has 1 heterocycles. The molecule has 176 valence electrons. The number of nitrogens with zero attached hydrogens (tertiary/aromatic N) is 1. The first-order chi connectivity index (χ1) is 17.7. The third-order valence-corrected chi connectivity index (χ3v) is 7.10. The number of thiophene rings is 1. The summed E-state index contributed by atoms with van der Waals surface area (Å²) in [5.41, 5.74) is 9.65. The van der Waals surface area contributed by atoms with Gasteiger partial charge in [-0.2, -0.15) is 0 Å². The van der Waals surface area contributed by atoms with E-state index < -0.39 is 0 Å². The molecule has 0 aliphatic carbocycles. The molecule has 0 atom stereocenters. The van der Waals surface area contributed by atoms with Crippen LogP contribution in [0.2, 0.25) is 0 Å². The molecular formula is C34H29NS. The Bertz CT molecular complexity index is 1440. The van der Waals surface area contributed by atoms with E-state index in [1.807, 2.05) is 0 Å². The van der Waals surface area contributed by atoms with Crippen LogP contribution in [0.3, 0.4) is 0 Å². The maximum Gasteiger partial charge on any atom is 0.0464 e. The fourth-order valence-electron chi connectivity index (χ4n) is 4.32. The number of hydrogen-bond acceptors (Lipinski definition) is 2. The lowest BCUT2D eigenvalue weighted by Crippen LogP contribution is -2.09. The van der Waals surface area contributed by atoms with Crippen molar-refractivity contribution in [3.63, 3.8) is 0 Å². The molecule has 5 rings (SSSR count). The smallest absolute Gasteiger partial charge is 0.0464 e. The lowest BCUT2D eigenvalue weighted by Gasteiger charge is -2.26. The molecule has 0 saturated heterocycles. The SMILES string of the molecule is Cc1cc(/C=C/c2ccc(N(c3ccccc3)c3ccccc3)cc2C)ccc1/C=C/c1cccs1. The fraction of sp³-hybridized carbons (Fsp3) is 0.0588. The lowest BCUT2D eigenvalue weighted by atomic mass is 10.0.